The van der Waals surface area contributed by atoms with Crippen molar-refractivity contribution in [2.24, 2.45) is 23.2 Å². The highest BCUT2D eigenvalue weighted by atomic mass is 32.2. The second-order valence-corrected chi connectivity index (χ2v) is 19.9. The monoisotopic (exact) mass is 748 g/mol. The second-order valence-electron chi connectivity index (χ2n) is 18.0. The molecule has 3 amide bonds. The van der Waals surface area contributed by atoms with Crippen LogP contribution < -0.4 is 10.2 Å². The summed E-state index contributed by atoms with van der Waals surface area (Å²) < 4.78 is 0.0646. The van der Waals surface area contributed by atoms with Crippen LogP contribution in [0, 0.1) is 23.2 Å². The number of fused-ring (bicyclic) bond motifs is 1. The Morgan fingerprint density at radius 3 is 2.13 bits per heavy atom. The number of hydrogen-bond donors (Lipinski definition) is 3. The van der Waals surface area contributed by atoms with Crippen molar-refractivity contribution in [2.45, 2.75) is 141 Å². The maximum atomic E-state index is 12.8. The lowest BCUT2D eigenvalue weighted by molar-refractivity contribution is -0.138. The van der Waals surface area contributed by atoms with Crippen LogP contribution in [0.1, 0.15) is 131 Å². The minimum atomic E-state index is -0.224. The molecule has 2 fully saturated rings. The summed E-state index contributed by atoms with van der Waals surface area (Å²) in [4.78, 5) is 56.4. The highest BCUT2D eigenvalue weighted by molar-refractivity contribution is 8.00. The molecule has 0 unspecified atom stereocenters. The van der Waals surface area contributed by atoms with E-state index in [2.05, 4.69) is 62.8 Å². The fourth-order valence-electron chi connectivity index (χ4n) is 8.32. The van der Waals surface area contributed by atoms with Crippen molar-refractivity contribution < 1.29 is 24.3 Å². The predicted octanol–water partition coefficient (Wildman–Crippen LogP) is 8.72. The number of nitrogens with zero attached hydrogens (tertiary/aromatic N) is 2. The van der Waals surface area contributed by atoms with Gasteiger partial charge in [0.2, 0.25) is 5.91 Å². The number of aromatic nitrogens is 1. The van der Waals surface area contributed by atoms with Crippen LogP contribution in [0.3, 0.4) is 0 Å². The molecule has 53 heavy (non-hydrogen) atoms. The molecule has 3 heterocycles. The van der Waals surface area contributed by atoms with Gasteiger partial charge in [0.15, 0.2) is 0 Å². The van der Waals surface area contributed by atoms with E-state index >= 15 is 0 Å². The molecule has 3 N–H and O–H groups in total. The predicted molar refractivity (Wildman–Crippen MR) is 215 cm³/mol. The van der Waals surface area contributed by atoms with Crippen molar-refractivity contribution in [1.29, 1.82) is 0 Å². The summed E-state index contributed by atoms with van der Waals surface area (Å²) in [5, 5.41) is 16.6. The Kier molecular flexibility index (Phi) is 13.8. The third kappa shape index (κ3) is 11.6. The summed E-state index contributed by atoms with van der Waals surface area (Å²) in [6.45, 7) is 16.5. The number of carbonyl (C=O) groups excluding carboxylic acids is 4. The number of imide groups is 1. The zero-order valence-electron chi connectivity index (χ0n) is 33.2. The number of thioether (sulfide) groups is 1. The van der Waals surface area contributed by atoms with Gasteiger partial charge >= 0.3 is 0 Å². The molecule has 1 aromatic heterocycles. The molecule has 5 rings (SSSR count). The number of carbonyl (C=O) groups is 4. The van der Waals surface area contributed by atoms with Crippen molar-refractivity contribution in [1.82, 2.24) is 15.2 Å². The quantitative estimate of drug-likeness (QED) is 0.0892. The maximum Gasteiger partial charge on any atom is 0.253 e. The van der Waals surface area contributed by atoms with Crippen molar-refractivity contribution >= 4 is 51.9 Å². The minimum Gasteiger partial charge on any atom is -0.506 e. The third-order valence-electron chi connectivity index (χ3n) is 11.1. The first-order valence-electron chi connectivity index (χ1n) is 20.2. The number of nitrogens with one attached hydrogen (secondary N) is 2. The van der Waals surface area contributed by atoms with Crippen LogP contribution in [-0.4, -0.2) is 69.4 Å². The third-order valence-corrected chi connectivity index (χ3v) is 12.3. The van der Waals surface area contributed by atoms with Gasteiger partial charge in [-0.05, 0) is 99.2 Å². The lowest BCUT2D eigenvalue weighted by Crippen LogP contribution is -2.36. The number of H-pyrrole nitrogens is 1. The number of unbranched alkanes of at least 4 members (excludes halogenated alkanes) is 3. The van der Waals surface area contributed by atoms with Gasteiger partial charge in [-0.15, -0.1) is 11.8 Å². The minimum absolute atomic E-state index is 0.0646. The number of phenolic OH excluding ortho intramolecular Hbond substituents is 1. The van der Waals surface area contributed by atoms with Crippen LogP contribution in [-0.2, 0) is 25.6 Å². The van der Waals surface area contributed by atoms with E-state index in [0.717, 1.165) is 101 Å². The number of aromatic hydroxyl groups is 1. The number of anilines is 1. The first-order chi connectivity index (χ1) is 25.1. The van der Waals surface area contributed by atoms with Gasteiger partial charge in [0.05, 0.1) is 10.5 Å². The van der Waals surface area contributed by atoms with E-state index in [9.17, 15) is 24.3 Å². The molecule has 2 aromatic rings. The molecule has 292 valence electrons. The van der Waals surface area contributed by atoms with Gasteiger partial charge in [0.1, 0.15) is 17.2 Å². The molecule has 0 radical (unpaired) electrons. The molecule has 3 aliphatic rings. The largest absolute Gasteiger partial charge is 0.506 e. The highest BCUT2D eigenvalue weighted by Gasteiger charge is 2.31. The zero-order chi connectivity index (χ0) is 38.3. The number of amides is 3. The van der Waals surface area contributed by atoms with Crippen molar-refractivity contribution in [3.8, 4) is 5.75 Å². The zero-order valence-corrected chi connectivity index (χ0v) is 34.0. The number of piperidine rings is 1. The van der Waals surface area contributed by atoms with E-state index in [4.69, 9.17) is 0 Å². The number of hydrogen-bond acceptors (Lipinski definition) is 7. The lowest BCUT2D eigenvalue weighted by atomic mass is 9.79. The summed E-state index contributed by atoms with van der Waals surface area (Å²) in [5.74, 6) is 1.27. The maximum absolute atomic E-state index is 12.8. The van der Waals surface area contributed by atoms with Crippen molar-refractivity contribution in [3.05, 3.63) is 29.8 Å². The summed E-state index contributed by atoms with van der Waals surface area (Å²) >= 11 is 1.87. The molecule has 0 atom stereocenters. The molecule has 2 aliphatic heterocycles. The first-order valence-corrected chi connectivity index (χ1v) is 21.0. The van der Waals surface area contributed by atoms with Crippen LogP contribution in [0.25, 0.3) is 10.9 Å². The van der Waals surface area contributed by atoms with E-state index in [0.29, 0.717) is 43.4 Å². The fourth-order valence-corrected chi connectivity index (χ4v) is 9.39. The molecule has 0 bridgehead atoms. The molecular formula is C43H64N4O5S. The summed E-state index contributed by atoms with van der Waals surface area (Å²) in [6, 6.07) is 3.94. The van der Waals surface area contributed by atoms with E-state index < -0.39 is 0 Å². The first kappa shape index (κ1) is 40.9. The average Bonchev–Trinajstić information content (AvgIpc) is 3.58. The van der Waals surface area contributed by atoms with Crippen molar-refractivity contribution in [2.75, 3.05) is 31.1 Å². The lowest BCUT2D eigenvalue weighted by Gasteiger charge is -2.34. The summed E-state index contributed by atoms with van der Waals surface area (Å²) in [6.07, 6.45) is 14.9. The molecule has 10 heteroatoms. The van der Waals surface area contributed by atoms with E-state index in [1.807, 2.05) is 17.8 Å². The van der Waals surface area contributed by atoms with Crippen LogP contribution >= 0.6 is 11.8 Å². The number of rotatable bonds is 16. The molecule has 1 aromatic carbocycles. The molecule has 0 spiro atoms. The number of Topliss-reactive ketones (excluding diaryl/α,β-unsaturated/α-hetero) is 1. The van der Waals surface area contributed by atoms with Gasteiger partial charge in [-0.2, -0.15) is 0 Å². The molecule has 1 saturated carbocycles. The smallest absolute Gasteiger partial charge is 0.253 e. The fraction of sp³-hybridized carbons (Fsp3) is 0.674. The van der Waals surface area contributed by atoms with Gasteiger partial charge in [-0.3, -0.25) is 24.1 Å². The van der Waals surface area contributed by atoms with Crippen LogP contribution in [0.15, 0.2) is 29.3 Å². The Labute approximate surface area is 321 Å². The van der Waals surface area contributed by atoms with E-state index in [1.54, 1.807) is 0 Å². The molecular weight excluding hydrogens is 685 g/mol. The Bertz CT molecular complexity index is 1620. The van der Waals surface area contributed by atoms with Crippen LogP contribution in [0.2, 0.25) is 0 Å². The normalized spacial score (nSPS) is 20.2. The number of aromatic amines is 1. The molecule has 1 aliphatic carbocycles. The topological polar surface area (TPSA) is 123 Å². The molecule has 9 nitrogen and oxygen atoms in total. The highest BCUT2D eigenvalue weighted by Crippen LogP contribution is 2.45. The Hall–Kier alpha value is -3.27. The van der Waals surface area contributed by atoms with Gasteiger partial charge in [-0.1, -0.05) is 54.4 Å². The SMILES string of the molecule is CC(C)(C)Cc1c(SC(C)(C)C)[nH]c2c(N3CCC(CCNC(=O)CCCCCCC(=O)C4CCC(CN5C(=O)C=CC5=O)CC4)CC3)c(O)ccc12. The number of phenols is 1. The van der Waals surface area contributed by atoms with Crippen molar-refractivity contribution in [3.63, 3.8) is 0 Å². The van der Waals surface area contributed by atoms with Gasteiger partial charge in [0, 0.05) is 67.2 Å². The number of ketones is 1. The van der Waals surface area contributed by atoms with Crippen LogP contribution in [0.5, 0.6) is 5.75 Å². The van der Waals surface area contributed by atoms with E-state index in [-0.39, 0.29) is 39.7 Å². The van der Waals surface area contributed by atoms with Gasteiger partial charge in [0.25, 0.3) is 11.8 Å². The number of benzene rings is 1. The standard InChI is InChI=1S/C43H64N4O5S/c1-42(2,3)27-33-32-17-18-35(49)40(39(32)45-41(33)53-43(4,5)6)46-25-22-29(23-26-46)21-24-44-36(50)12-10-8-7-9-11-34(48)31-15-13-30(14-16-31)28-47-37(51)19-20-38(47)52/h17-20,29-31,45,49H,7-16,21-28H2,1-6H3,(H,44,50). The average molecular weight is 749 g/mol. The summed E-state index contributed by atoms with van der Waals surface area (Å²) in [7, 11) is 0. The Morgan fingerprint density at radius 2 is 1.51 bits per heavy atom. The van der Waals surface area contributed by atoms with Gasteiger partial charge in [-0.25, -0.2) is 0 Å². The van der Waals surface area contributed by atoms with Gasteiger partial charge < -0.3 is 20.3 Å². The van der Waals surface area contributed by atoms with E-state index in [1.165, 1.54) is 33.0 Å². The Balaban J connectivity index is 0.961. The second kappa shape index (κ2) is 17.9. The Morgan fingerprint density at radius 1 is 0.868 bits per heavy atom. The molecule has 1 saturated heterocycles. The van der Waals surface area contributed by atoms with Crippen LogP contribution in [0.4, 0.5) is 5.69 Å². The summed E-state index contributed by atoms with van der Waals surface area (Å²) in [5.41, 5.74) is 3.44.